The summed E-state index contributed by atoms with van der Waals surface area (Å²) in [6, 6.07) is 4.55. The summed E-state index contributed by atoms with van der Waals surface area (Å²) in [7, 11) is 0. The molecule has 2 unspecified atom stereocenters. The first-order valence-electron chi connectivity index (χ1n) is 6.99. The van der Waals surface area contributed by atoms with Gasteiger partial charge >= 0.3 is 0 Å². The zero-order valence-corrected chi connectivity index (χ0v) is 11.4. The number of carbonyl (C=O) groups is 1. The van der Waals surface area contributed by atoms with Gasteiger partial charge in [-0.3, -0.25) is 4.79 Å². The highest BCUT2D eigenvalue weighted by Gasteiger charge is 2.32. The number of primary amides is 1. The van der Waals surface area contributed by atoms with E-state index in [1.54, 1.807) is 0 Å². The normalized spacial score (nSPS) is 24.4. The van der Waals surface area contributed by atoms with Crippen molar-refractivity contribution in [2.24, 2.45) is 11.7 Å². The number of aromatic amines is 1. The topological polar surface area (TPSA) is 70.9 Å². The van der Waals surface area contributed by atoms with E-state index in [1.165, 1.54) is 33.2 Å². The molecule has 2 heterocycles. The van der Waals surface area contributed by atoms with E-state index in [9.17, 15) is 4.79 Å². The quantitative estimate of drug-likeness (QED) is 0.732. The van der Waals surface area contributed by atoms with Crippen molar-refractivity contribution in [3.8, 4) is 0 Å². The summed E-state index contributed by atoms with van der Waals surface area (Å²) >= 11 is 0. The highest BCUT2D eigenvalue weighted by Crippen LogP contribution is 2.40. The van der Waals surface area contributed by atoms with E-state index in [0.29, 0.717) is 6.54 Å². The van der Waals surface area contributed by atoms with Crippen LogP contribution >= 0.6 is 0 Å². The fraction of sp³-hybridized carbons (Fsp3) is 0.312. The Bertz CT molecular complexity index is 756. The number of hydrogen-bond acceptors (Lipinski definition) is 2. The van der Waals surface area contributed by atoms with E-state index >= 15 is 0 Å². The molecule has 4 nitrogen and oxygen atoms in total. The molecule has 102 valence electrons. The first-order valence-corrected chi connectivity index (χ1v) is 6.99. The van der Waals surface area contributed by atoms with Crippen LogP contribution < -0.4 is 11.1 Å². The third-order valence-electron chi connectivity index (χ3n) is 4.56. The Morgan fingerprint density at radius 2 is 2.25 bits per heavy atom. The summed E-state index contributed by atoms with van der Waals surface area (Å²) < 4.78 is 0. The van der Waals surface area contributed by atoms with Crippen LogP contribution in [-0.2, 0) is 11.2 Å². The zero-order valence-electron chi connectivity index (χ0n) is 11.4. The molecule has 1 aliphatic heterocycles. The van der Waals surface area contributed by atoms with Crippen molar-refractivity contribution in [1.29, 1.82) is 0 Å². The van der Waals surface area contributed by atoms with E-state index in [1.807, 2.05) is 0 Å². The largest absolute Gasteiger partial charge is 0.369 e. The lowest BCUT2D eigenvalue weighted by Gasteiger charge is -2.33. The van der Waals surface area contributed by atoms with Crippen molar-refractivity contribution in [2.45, 2.75) is 19.4 Å². The number of benzene rings is 1. The van der Waals surface area contributed by atoms with Crippen molar-refractivity contribution in [3.05, 3.63) is 41.1 Å². The predicted octanol–water partition coefficient (Wildman–Crippen LogP) is 1.49. The molecule has 1 aromatic heterocycles. The van der Waals surface area contributed by atoms with E-state index in [0.717, 1.165) is 6.42 Å². The lowest BCUT2D eigenvalue weighted by molar-refractivity contribution is -0.120. The van der Waals surface area contributed by atoms with Crippen LogP contribution in [0.1, 0.15) is 16.7 Å². The highest BCUT2D eigenvalue weighted by molar-refractivity contribution is 6.00. The Morgan fingerprint density at radius 1 is 1.40 bits per heavy atom. The molecule has 0 radical (unpaired) electrons. The third-order valence-corrected chi connectivity index (χ3v) is 4.56. The molecule has 0 saturated carbocycles. The van der Waals surface area contributed by atoms with Crippen LogP contribution in [0.2, 0.25) is 0 Å². The Balaban J connectivity index is 2.00. The van der Waals surface area contributed by atoms with Crippen LogP contribution in [-0.4, -0.2) is 23.5 Å². The van der Waals surface area contributed by atoms with Gasteiger partial charge in [0.2, 0.25) is 5.91 Å². The van der Waals surface area contributed by atoms with E-state index in [2.05, 4.69) is 41.6 Å². The van der Waals surface area contributed by atoms with Gasteiger partial charge in [-0.2, -0.15) is 0 Å². The monoisotopic (exact) mass is 267 g/mol. The maximum atomic E-state index is 11.5. The molecule has 1 amide bonds. The molecule has 0 saturated heterocycles. The summed E-state index contributed by atoms with van der Waals surface area (Å²) in [5.74, 6) is -0.468. The van der Waals surface area contributed by atoms with Gasteiger partial charge in [0.25, 0.3) is 0 Å². The zero-order chi connectivity index (χ0) is 13.9. The van der Waals surface area contributed by atoms with Gasteiger partial charge < -0.3 is 16.0 Å². The van der Waals surface area contributed by atoms with Gasteiger partial charge in [-0.15, -0.1) is 0 Å². The Hall–Kier alpha value is -2.07. The number of aromatic nitrogens is 1. The summed E-state index contributed by atoms with van der Waals surface area (Å²) in [5.41, 5.74) is 11.7. The van der Waals surface area contributed by atoms with Crippen LogP contribution in [0.25, 0.3) is 16.5 Å². The average molecular weight is 267 g/mol. The van der Waals surface area contributed by atoms with E-state index in [-0.39, 0.29) is 17.9 Å². The summed E-state index contributed by atoms with van der Waals surface area (Å²) in [6.07, 6.45) is 5.14. The maximum absolute atomic E-state index is 11.5. The minimum Gasteiger partial charge on any atom is -0.369 e. The van der Waals surface area contributed by atoms with Gasteiger partial charge in [0.05, 0.1) is 5.92 Å². The molecule has 0 fully saturated rings. The van der Waals surface area contributed by atoms with Crippen LogP contribution in [0.5, 0.6) is 0 Å². The molecular weight excluding hydrogens is 250 g/mol. The molecule has 4 N–H and O–H groups in total. The maximum Gasteiger partial charge on any atom is 0.225 e. The third kappa shape index (κ3) is 1.48. The fourth-order valence-corrected chi connectivity index (χ4v) is 3.54. The molecule has 4 heteroatoms. The van der Waals surface area contributed by atoms with Gasteiger partial charge in [0.15, 0.2) is 0 Å². The van der Waals surface area contributed by atoms with Crippen molar-refractivity contribution < 1.29 is 4.79 Å². The number of nitrogens with one attached hydrogen (secondary N) is 2. The second-order valence-corrected chi connectivity index (χ2v) is 5.79. The number of H-pyrrole nitrogens is 1. The van der Waals surface area contributed by atoms with Gasteiger partial charge in [-0.25, -0.2) is 0 Å². The standard InChI is InChI=1S/C16H17N3O/c1-8-2-3-12-15-9(6-18-12)5-13-11(14(8)15)4-10(7-19-13)16(17)20/h2-4,6,10,13,18-19H,5,7H2,1H3,(H2,17,20). The average Bonchev–Trinajstić information content (AvgIpc) is 2.84. The van der Waals surface area contributed by atoms with E-state index in [4.69, 9.17) is 5.73 Å². The molecule has 2 aliphatic rings. The second-order valence-electron chi connectivity index (χ2n) is 5.79. The van der Waals surface area contributed by atoms with E-state index < -0.39 is 0 Å². The molecular formula is C16H17N3O. The fourth-order valence-electron chi connectivity index (χ4n) is 3.54. The van der Waals surface area contributed by atoms with Crippen molar-refractivity contribution in [2.75, 3.05) is 6.54 Å². The Morgan fingerprint density at radius 3 is 3.05 bits per heavy atom. The summed E-state index contributed by atoms with van der Waals surface area (Å²) in [4.78, 5) is 14.8. The number of carbonyl (C=O) groups excluding carboxylic acids is 1. The van der Waals surface area contributed by atoms with Gasteiger partial charge in [0.1, 0.15) is 0 Å². The molecule has 1 aliphatic carbocycles. The van der Waals surface area contributed by atoms with Crippen LogP contribution in [0.4, 0.5) is 0 Å². The van der Waals surface area contributed by atoms with Gasteiger partial charge in [-0.05, 0) is 41.7 Å². The van der Waals surface area contributed by atoms with Crippen molar-refractivity contribution in [3.63, 3.8) is 0 Å². The lowest BCUT2D eigenvalue weighted by atomic mass is 9.79. The molecule has 0 spiro atoms. The second kappa shape index (κ2) is 3.96. The van der Waals surface area contributed by atoms with Crippen LogP contribution in [0.15, 0.2) is 24.4 Å². The summed E-state index contributed by atoms with van der Waals surface area (Å²) in [5, 5.41) is 4.78. The number of rotatable bonds is 1. The minimum atomic E-state index is -0.256. The highest BCUT2D eigenvalue weighted by atomic mass is 16.1. The number of nitrogens with two attached hydrogens (primary N) is 1. The molecule has 4 rings (SSSR count). The van der Waals surface area contributed by atoms with Gasteiger partial charge in [0, 0.05) is 29.7 Å². The first-order chi connectivity index (χ1) is 9.65. The SMILES string of the molecule is Cc1ccc2[nH]cc3c2c1C1=CC(C(N)=O)CNC1C3. The number of aryl methyl sites for hydroxylation is 1. The first kappa shape index (κ1) is 11.7. The van der Waals surface area contributed by atoms with Crippen LogP contribution in [0.3, 0.4) is 0 Å². The summed E-state index contributed by atoms with van der Waals surface area (Å²) in [6.45, 7) is 2.76. The van der Waals surface area contributed by atoms with Gasteiger partial charge in [-0.1, -0.05) is 12.1 Å². The minimum absolute atomic E-state index is 0.212. The molecule has 20 heavy (non-hydrogen) atoms. The molecule has 2 atom stereocenters. The predicted molar refractivity (Wildman–Crippen MR) is 79.2 cm³/mol. The Kier molecular flexibility index (Phi) is 2.32. The number of fused-ring (bicyclic) bond motifs is 2. The number of amides is 1. The molecule has 0 bridgehead atoms. The smallest absolute Gasteiger partial charge is 0.225 e. The van der Waals surface area contributed by atoms with Crippen molar-refractivity contribution >= 4 is 22.4 Å². The molecule has 2 aromatic rings. The lowest BCUT2D eigenvalue weighted by Crippen LogP contribution is -2.44. The Labute approximate surface area is 117 Å². The molecule has 1 aromatic carbocycles. The van der Waals surface area contributed by atoms with Crippen molar-refractivity contribution in [1.82, 2.24) is 10.3 Å². The van der Waals surface area contributed by atoms with Crippen LogP contribution in [0, 0.1) is 12.8 Å². The number of hydrogen-bond donors (Lipinski definition) is 3.